The Morgan fingerprint density at radius 2 is 2.00 bits per heavy atom. The summed E-state index contributed by atoms with van der Waals surface area (Å²) in [7, 11) is 0. The van der Waals surface area contributed by atoms with Gasteiger partial charge in [0.25, 0.3) is 0 Å². The Morgan fingerprint density at radius 3 is 2.73 bits per heavy atom. The summed E-state index contributed by atoms with van der Waals surface area (Å²) in [5, 5.41) is 10.1. The highest BCUT2D eigenvalue weighted by atomic mass is 19.1. The van der Waals surface area contributed by atoms with Gasteiger partial charge in [-0.15, -0.1) is 0 Å². The van der Waals surface area contributed by atoms with Gasteiger partial charge < -0.3 is 20.6 Å². The van der Waals surface area contributed by atoms with Crippen LogP contribution in [0.3, 0.4) is 0 Å². The summed E-state index contributed by atoms with van der Waals surface area (Å²) in [5.74, 6) is -2.93. The maximum atomic E-state index is 14.2. The van der Waals surface area contributed by atoms with Crippen molar-refractivity contribution in [3.05, 3.63) is 53.3 Å². The number of benzene rings is 2. The Morgan fingerprint density at radius 1 is 1.23 bits per heavy atom. The normalized spacial score (nSPS) is 16.7. The molecule has 0 fully saturated rings. The highest BCUT2D eigenvalue weighted by molar-refractivity contribution is 5.93. The predicted molar refractivity (Wildman–Crippen MR) is 86.8 cm³/mol. The van der Waals surface area contributed by atoms with Crippen molar-refractivity contribution in [1.82, 2.24) is 4.98 Å². The van der Waals surface area contributed by atoms with Crippen molar-refractivity contribution in [2.45, 2.75) is 18.6 Å². The van der Waals surface area contributed by atoms with Crippen molar-refractivity contribution in [3.8, 4) is 17.0 Å². The molecule has 134 valence electrons. The molecule has 1 amide bonds. The zero-order chi connectivity index (χ0) is 18.6. The van der Waals surface area contributed by atoms with E-state index in [-0.39, 0.29) is 23.1 Å². The molecule has 1 aromatic heterocycles. The number of ether oxygens (including phenoxy) is 1. The topological polar surface area (TPSA) is 88.3 Å². The number of halogens is 3. The van der Waals surface area contributed by atoms with E-state index in [1.807, 2.05) is 0 Å². The van der Waals surface area contributed by atoms with E-state index in [9.17, 15) is 23.1 Å². The Balaban J connectivity index is 1.97. The number of fused-ring (bicyclic) bond motifs is 5. The lowest BCUT2D eigenvalue weighted by molar-refractivity contribution is -0.127. The fourth-order valence-corrected chi connectivity index (χ4v) is 3.28. The first kappa shape index (κ1) is 16.5. The molecule has 0 bridgehead atoms. The van der Waals surface area contributed by atoms with Crippen molar-refractivity contribution in [2.24, 2.45) is 5.73 Å². The lowest BCUT2D eigenvalue weighted by atomic mass is 9.93. The van der Waals surface area contributed by atoms with Crippen LogP contribution < -0.4 is 10.5 Å². The molecule has 8 heteroatoms. The van der Waals surface area contributed by atoms with Crippen LogP contribution in [0.5, 0.6) is 5.75 Å². The Labute approximate surface area is 145 Å². The zero-order valence-electron chi connectivity index (χ0n) is 13.2. The first-order valence-corrected chi connectivity index (χ1v) is 7.79. The zero-order valence-corrected chi connectivity index (χ0v) is 13.2. The second-order valence-electron chi connectivity index (χ2n) is 6.12. The fraction of sp³-hybridized carbons (Fsp3) is 0.167. The van der Waals surface area contributed by atoms with Gasteiger partial charge in [0.05, 0.1) is 11.2 Å². The molecule has 0 radical (unpaired) electrons. The number of aromatic amines is 1. The van der Waals surface area contributed by atoms with E-state index < -0.39 is 35.6 Å². The quantitative estimate of drug-likeness (QED) is 0.669. The van der Waals surface area contributed by atoms with Crippen molar-refractivity contribution in [3.63, 3.8) is 0 Å². The summed E-state index contributed by atoms with van der Waals surface area (Å²) in [6.45, 7) is 0. The summed E-state index contributed by atoms with van der Waals surface area (Å²) in [6, 6.07) is 5.69. The first-order chi connectivity index (χ1) is 12.3. The molecule has 2 aromatic carbocycles. The number of aliphatic hydroxyl groups excluding tert-OH is 1. The van der Waals surface area contributed by atoms with Crippen LogP contribution in [-0.2, 0) is 4.79 Å². The third-order valence-electron chi connectivity index (χ3n) is 4.43. The van der Waals surface area contributed by atoms with Gasteiger partial charge in [0, 0.05) is 35.1 Å². The van der Waals surface area contributed by atoms with Gasteiger partial charge in [0.15, 0.2) is 0 Å². The van der Waals surface area contributed by atoms with Gasteiger partial charge in [-0.2, -0.15) is 0 Å². The number of amides is 1. The molecule has 26 heavy (non-hydrogen) atoms. The molecular formula is C18H13F3N2O3. The second-order valence-corrected chi connectivity index (χ2v) is 6.12. The smallest absolute Gasteiger partial charge is 0.246 e. The summed E-state index contributed by atoms with van der Waals surface area (Å²) < 4.78 is 47.3. The average molecular weight is 362 g/mol. The van der Waals surface area contributed by atoms with E-state index in [0.29, 0.717) is 16.8 Å². The third-order valence-corrected chi connectivity index (χ3v) is 4.43. The van der Waals surface area contributed by atoms with Crippen LogP contribution in [0.25, 0.3) is 22.2 Å². The standard InChI is InChI=1S/C18H13F3N2O3/c19-7-1-2-9-13(5-7)26-14(6-12(24)18(22)25)15-10-3-8(20)4-11(21)16(10)23-17(9)15/h1-5,12,14,23-24H,6H2,(H2,22,25)/t12-,14-/m0/s1. The summed E-state index contributed by atoms with van der Waals surface area (Å²) >= 11 is 0. The molecule has 3 aromatic rings. The highest BCUT2D eigenvalue weighted by Crippen LogP contribution is 2.47. The van der Waals surface area contributed by atoms with Gasteiger partial charge in [-0.1, -0.05) is 0 Å². The van der Waals surface area contributed by atoms with Crippen molar-refractivity contribution >= 4 is 16.8 Å². The summed E-state index contributed by atoms with van der Waals surface area (Å²) in [5.41, 5.74) is 6.39. The van der Waals surface area contributed by atoms with Crippen LogP contribution in [0.1, 0.15) is 18.1 Å². The molecule has 0 aliphatic carbocycles. The largest absolute Gasteiger partial charge is 0.485 e. The highest BCUT2D eigenvalue weighted by Gasteiger charge is 2.33. The number of hydrogen-bond acceptors (Lipinski definition) is 3. The number of rotatable bonds is 3. The molecule has 0 unspecified atom stereocenters. The van der Waals surface area contributed by atoms with Gasteiger partial charge in [-0.05, 0) is 18.2 Å². The van der Waals surface area contributed by atoms with E-state index in [2.05, 4.69) is 4.98 Å². The van der Waals surface area contributed by atoms with E-state index in [0.717, 1.165) is 18.2 Å². The molecular weight excluding hydrogens is 349 g/mol. The van der Waals surface area contributed by atoms with Gasteiger partial charge in [0.2, 0.25) is 5.91 Å². The molecule has 0 spiro atoms. The summed E-state index contributed by atoms with van der Waals surface area (Å²) in [4.78, 5) is 14.1. The molecule has 5 nitrogen and oxygen atoms in total. The minimum absolute atomic E-state index is 0.0516. The van der Waals surface area contributed by atoms with Gasteiger partial charge in [-0.25, -0.2) is 13.2 Å². The third kappa shape index (κ3) is 2.50. The lowest BCUT2D eigenvalue weighted by Crippen LogP contribution is -2.31. The molecule has 0 saturated carbocycles. The fourth-order valence-electron chi connectivity index (χ4n) is 3.28. The number of hydrogen-bond donors (Lipinski definition) is 3. The van der Waals surface area contributed by atoms with Gasteiger partial charge in [0.1, 0.15) is 35.4 Å². The van der Waals surface area contributed by atoms with Crippen molar-refractivity contribution < 1.29 is 27.8 Å². The van der Waals surface area contributed by atoms with Crippen LogP contribution in [0.2, 0.25) is 0 Å². The van der Waals surface area contributed by atoms with E-state index in [1.165, 1.54) is 12.1 Å². The van der Waals surface area contributed by atoms with Crippen LogP contribution in [0.4, 0.5) is 13.2 Å². The molecule has 2 heterocycles. The number of nitrogens with one attached hydrogen (secondary N) is 1. The lowest BCUT2D eigenvalue weighted by Gasteiger charge is -2.28. The van der Waals surface area contributed by atoms with Gasteiger partial charge in [-0.3, -0.25) is 4.79 Å². The van der Waals surface area contributed by atoms with Crippen LogP contribution in [-0.4, -0.2) is 22.1 Å². The number of carbonyl (C=O) groups excluding carboxylic acids is 1. The minimum atomic E-state index is -1.54. The predicted octanol–water partition coefficient (Wildman–Crippen LogP) is 2.92. The molecule has 2 atom stereocenters. The Bertz CT molecular complexity index is 1050. The number of H-pyrrole nitrogens is 1. The SMILES string of the molecule is NC(=O)[C@@H](O)C[C@@H]1Oc2cc(F)ccc2-c2[nH]c3c(F)cc(F)cc3c21. The van der Waals surface area contributed by atoms with E-state index in [4.69, 9.17) is 10.5 Å². The second kappa shape index (κ2) is 5.77. The molecule has 4 rings (SSSR count). The number of aromatic nitrogens is 1. The molecule has 4 N–H and O–H groups in total. The van der Waals surface area contributed by atoms with Crippen LogP contribution in [0.15, 0.2) is 30.3 Å². The maximum absolute atomic E-state index is 14.2. The van der Waals surface area contributed by atoms with E-state index >= 15 is 0 Å². The van der Waals surface area contributed by atoms with Gasteiger partial charge >= 0.3 is 0 Å². The minimum Gasteiger partial charge on any atom is -0.485 e. The number of primary amides is 1. The van der Waals surface area contributed by atoms with Crippen LogP contribution in [0, 0.1) is 17.5 Å². The van der Waals surface area contributed by atoms with E-state index in [1.54, 1.807) is 0 Å². The Hall–Kier alpha value is -3.00. The summed E-state index contributed by atoms with van der Waals surface area (Å²) in [6.07, 6.45) is -2.73. The number of nitrogens with two attached hydrogens (primary N) is 1. The average Bonchev–Trinajstić information content (AvgIpc) is 2.94. The monoisotopic (exact) mass is 362 g/mol. The Kier molecular flexibility index (Phi) is 3.66. The number of aliphatic hydroxyl groups is 1. The van der Waals surface area contributed by atoms with Crippen LogP contribution >= 0.6 is 0 Å². The first-order valence-electron chi connectivity index (χ1n) is 7.79. The van der Waals surface area contributed by atoms with Crippen molar-refractivity contribution in [2.75, 3.05) is 0 Å². The maximum Gasteiger partial charge on any atom is 0.246 e. The molecule has 1 aliphatic rings. The molecule has 0 saturated heterocycles. The molecule has 1 aliphatic heterocycles. The van der Waals surface area contributed by atoms with Crippen molar-refractivity contribution in [1.29, 1.82) is 0 Å². The number of carbonyl (C=O) groups is 1.